The van der Waals surface area contributed by atoms with Gasteiger partial charge in [0.25, 0.3) is 5.91 Å². The third-order valence-electron chi connectivity index (χ3n) is 5.57. The summed E-state index contributed by atoms with van der Waals surface area (Å²) in [6, 6.07) is 24.5. The summed E-state index contributed by atoms with van der Waals surface area (Å²) in [6.45, 7) is 1.99. The maximum atomic E-state index is 14.2. The molecule has 5 nitrogen and oxygen atoms in total. The summed E-state index contributed by atoms with van der Waals surface area (Å²) in [7, 11) is 0. The lowest BCUT2D eigenvalue weighted by molar-refractivity contribution is 0.0951. The van der Waals surface area contributed by atoms with Crippen LogP contribution >= 0.6 is 0 Å². The van der Waals surface area contributed by atoms with Crippen molar-refractivity contribution in [2.75, 3.05) is 0 Å². The third-order valence-corrected chi connectivity index (χ3v) is 5.57. The van der Waals surface area contributed by atoms with Gasteiger partial charge in [-0.2, -0.15) is 0 Å². The van der Waals surface area contributed by atoms with Crippen LogP contribution in [0.2, 0.25) is 0 Å². The van der Waals surface area contributed by atoms with Gasteiger partial charge in [-0.15, -0.1) is 0 Å². The predicted octanol–water partition coefficient (Wildman–Crippen LogP) is 6.16. The summed E-state index contributed by atoms with van der Waals surface area (Å²) in [5.41, 5.74) is 3.82. The first kappa shape index (κ1) is 24.6. The summed E-state index contributed by atoms with van der Waals surface area (Å²) < 4.78 is 32.4. The monoisotopic (exact) mass is 486 g/mol. The van der Waals surface area contributed by atoms with E-state index in [0.29, 0.717) is 16.7 Å². The molecule has 0 aromatic heterocycles. The van der Waals surface area contributed by atoms with Crippen LogP contribution < -0.4 is 15.4 Å². The van der Waals surface area contributed by atoms with Crippen molar-refractivity contribution in [1.82, 2.24) is 10.6 Å². The average molecular weight is 487 g/mol. The van der Waals surface area contributed by atoms with Crippen LogP contribution in [0.25, 0.3) is 11.1 Å². The number of rotatable bonds is 7. The van der Waals surface area contributed by atoms with E-state index in [-0.39, 0.29) is 30.6 Å². The predicted molar refractivity (Wildman–Crippen MR) is 133 cm³/mol. The Kier molecular flexibility index (Phi) is 7.70. The molecule has 0 aliphatic heterocycles. The molecule has 0 aliphatic rings. The minimum absolute atomic E-state index is 0.0533. The number of benzene rings is 4. The molecule has 4 rings (SSSR count). The number of halogens is 2. The van der Waals surface area contributed by atoms with Gasteiger partial charge in [0.05, 0.1) is 0 Å². The number of ether oxygens (including phenoxy) is 1. The van der Waals surface area contributed by atoms with E-state index in [4.69, 9.17) is 4.74 Å². The molecule has 0 saturated heterocycles. The van der Waals surface area contributed by atoms with Gasteiger partial charge in [0.2, 0.25) is 0 Å². The highest BCUT2D eigenvalue weighted by Gasteiger charge is 2.16. The zero-order valence-electron chi connectivity index (χ0n) is 19.6. The molecule has 2 N–H and O–H groups in total. The number of hydrogen-bond acceptors (Lipinski definition) is 3. The van der Waals surface area contributed by atoms with Crippen LogP contribution in [0.15, 0.2) is 91.0 Å². The van der Waals surface area contributed by atoms with Crippen LogP contribution in [0.4, 0.5) is 13.6 Å². The Morgan fingerprint density at radius 1 is 0.750 bits per heavy atom. The molecule has 0 bridgehead atoms. The van der Waals surface area contributed by atoms with E-state index in [9.17, 15) is 18.4 Å². The molecule has 0 aliphatic carbocycles. The highest BCUT2D eigenvalue weighted by atomic mass is 19.1. The second-order valence-electron chi connectivity index (χ2n) is 8.18. The second kappa shape index (κ2) is 11.3. The first-order valence-electron chi connectivity index (χ1n) is 11.3. The summed E-state index contributed by atoms with van der Waals surface area (Å²) in [6.07, 6.45) is -0.692. The summed E-state index contributed by atoms with van der Waals surface area (Å²) in [4.78, 5) is 25.3. The van der Waals surface area contributed by atoms with Crippen molar-refractivity contribution in [3.05, 3.63) is 125 Å². The molecule has 0 heterocycles. The Morgan fingerprint density at radius 3 is 2.17 bits per heavy atom. The van der Waals surface area contributed by atoms with Crippen LogP contribution in [-0.2, 0) is 13.1 Å². The number of aryl methyl sites for hydroxylation is 1. The molecular formula is C29H24F2N2O3. The van der Waals surface area contributed by atoms with Gasteiger partial charge < -0.3 is 15.4 Å². The van der Waals surface area contributed by atoms with Crippen LogP contribution in [0.3, 0.4) is 0 Å². The summed E-state index contributed by atoms with van der Waals surface area (Å²) >= 11 is 0. The van der Waals surface area contributed by atoms with Crippen LogP contribution in [0.1, 0.15) is 27.0 Å². The molecule has 0 spiro atoms. The minimum atomic E-state index is -0.692. The van der Waals surface area contributed by atoms with E-state index in [2.05, 4.69) is 10.6 Å². The standard InChI is InChI=1S/C29H24F2N2O3/c1-19-10-11-21(27(31)16-19)18-32-28(34)26-9-5-4-8-25(26)24-7-3-2-6-20(24)17-33-29(35)36-23-14-12-22(30)13-15-23/h2-16H,17-18H2,1H3,(H,32,34)(H,33,35). The Labute approximate surface area is 207 Å². The molecular weight excluding hydrogens is 462 g/mol. The smallest absolute Gasteiger partial charge is 0.410 e. The average Bonchev–Trinajstić information content (AvgIpc) is 2.88. The van der Waals surface area contributed by atoms with Gasteiger partial charge in [0, 0.05) is 24.2 Å². The normalized spacial score (nSPS) is 10.5. The number of nitrogens with one attached hydrogen (secondary N) is 2. The van der Waals surface area contributed by atoms with Gasteiger partial charge in [-0.25, -0.2) is 13.6 Å². The van der Waals surface area contributed by atoms with Crippen molar-refractivity contribution in [3.63, 3.8) is 0 Å². The number of carbonyl (C=O) groups is 2. The molecule has 7 heteroatoms. The summed E-state index contributed by atoms with van der Waals surface area (Å²) in [5, 5.41) is 5.47. The lowest BCUT2D eigenvalue weighted by atomic mass is 9.95. The second-order valence-corrected chi connectivity index (χ2v) is 8.18. The van der Waals surface area contributed by atoms with E-state index >= 15 is 0 Å². The molecule has 0 unspecified atom stereocenters. The van der Waals surface area contributed by atoms with Crippen molar-refractivity contribution < 1.29 is 23.1 Å². The number of amides is 2. The van der Waals surface area contributed by atoms with E-state index in [1.54, 1.807) is 31.2 Å². The van der Waals surface area contributed by atoms with E-state index in [1.165, 1.54) is 30.3 Å². The fourth-order valence-corrected chi connectivity index (χ4v) is 3.73. The fourth-order valence-electron chi connectivity index (χ4n) is 3.73. The fraction of sp³-hybridized carbons (Fsp3) is 0.103. The van der Waals surface area contributed by atoms with Crippen LogP contribution in [0.5, 0.6) is 5.75 Å². The molecule has 0 fully saturated rings. The third kappa shape index (κ3) is 6.13. The van der Waals surface area contributed by atoms with Gasteiger partial charge >= 0.3 is 6.09 Å². The molecule has 4 aromatic rings. The molecule has 0 atom stereocenters. The Balaban J connectivity index is 1.48. The highest BCUT2D eigenvalue weighted by molar-refractivity contribution is 6.01. The lowest BCUT2D eigenvalue weighted by Gasteiger charge is -2.15. The van der Waals surface area contributed by atoms with Crippen LogP contribution in [-0.4, -0.2) is 12.0 Å². The van der Waals surface area contributed by atoms with Crippen LogP contribution in [0, 0.1) is 18.6 Å². The maximum absolute atomic E-state index is 14.2. The van der Waals surface area contributed by atoms with Gasteiger partial charge in [0.1, 0.15) is 17.4 Å². The Morgan fingerprint density at radius 2 is 1.42 bits per heavy atom. The first-order valence-corrected chi connectivity index (χ1v) is 11.3. The summed E-state index contributed by atoms with van der Waals surface area (Å²) in [5.74, 6) is -0.922. The van der Waals surface area contributed by atoms with Gasteiger partial charge in [-0.05, 0) is 65.6 Å². The molecule has 182 valence electrons. The zero-order valence-corrected chi connectivity index (χ0v) is 19.6. The quantitative estimate of drug-likeness (QED) is 0.329. The first-order chi connectivity index (χ1) is 17.4. The van der Waals surface area contributed by atoms with Crippen molar-refractivity contribution in [3.8, 4) is 16.9 Å². The lowest BCUT2D eigenvalue weighted by Crippen LogP contribution is -2.26. The molecule has 0 radical (unpaired) electrons. The Hall–Kier alpha value is -4.52. The molecule has 4 aromatic carbocycles. The zero-order chi connectivity index (χ0) is 25.5. The Bertz CT molecular complexity index is 1390. The van der Waals surface area contributed by atoms with Gasteiger partial charge in [0.15, 0.2) is 0 Å². The SMILES string of the molecule is Cc1ccc(CNC(=O)c2ccccc2-c2ccccc2CNC(=O)Oc2ccc(F)cc2)c(F)c1. The highest BCUT2D eigenvalue weighted by Crippen LogP contribution is 2.27. The molecule has 36 heavy (non-hydrogen) atoms. The maximum Gasteiger partial charge on any atom is 0.412 e. The molecule has 0 saturated carbocycles. The van der Waals surface area contributed by atoms with E-state index in [0.717, 1.165) is 16.7 Å². The van der Waals surface area contributed by atoms with Crippen molar-refractivity contribution in [2.45, 2.75) is 20.0 Å². The van der Waals surface area contributed by atoms with Gasteiger partial charge in [-0.3, -0.25) is 4.79 Å². The van der Waals surface area contributed by atoms with Crippen molar-refractivity contribution >= 4 is 12.0 Å². The van der Waals surface area contributed by atoms with Crippen molar-refractivity contribution in [1.29, 1.82) is 0 Å². The molecule has 2 amide bonds. The minimum Gasteiger partial charge on any atom is -0.410 e. The van der Waals surface area contributed by atoms with Gasteiger partial charge in [-0.1, -0.05) is 54.6 Å². The topological polar surface area (TPSA) is 67.4 Å². The largest absolute Gasteiger partial charge is 0.412 e. The van der Waals surface area contributed by atoms with E-state index < -0.39 is 11.9 Å². The van der Waals surface area contributed by atoms with E-state index in [1.807, 2.05) is 36.4 Å². The number of hydrogen-bond donors (Lipinski definition) is 2. The number of carbonyl (C=O) groups excluding carboxylic acids is 2. The van der Waals surface area contributed by atoms with Crippen molar-refractivity contribution in [2.24, 2.45) is 0 Å².